The van der Waals surface area contributed by atoms with Crippen LogP contribution in [0.1, 0.15) is 18.1 Å². The van der Waals surface area contributed by atoms with Gasteiger partial charge in [-0.25, -0.2) is 0 Å². The Hall–Kier alpha value is -1.53. The molecule has 118 valence electrons. The van der Waals surface area contributed by atoms with Gasteiger partial charge in [0.15, 0.2) is 5.16 Å². The van der Waals surface area contributed by atoms with Gasteiger partial charge >= 0.3 is 0 Å². The van der Waals surface area contributed by atoms with Gasteiger partial charge in [-0.05, 0) is 25.0 Å². The molecule has 0 bridgehead atoms. The molecule has 22 heavy (non-hydrogen) atoms. The SMILES string of the molecule is CCn1c(SCc2ccccc2C)nnc1N1CCOCC1. The van der Waals surface area contributed by atoms with Gasteiger partial charge in [0, 0.05) is 25.4 Å². The van der Waals surface area contributed by atoms with Gasteiger partial charge in [0.05, 0.1) is 13.2 Å². The van der Waals surface area contributed by atoms with Crippen LogP contribution >= 0.6 is 11.8 Å². The number of nitrogens with zero attached hydrogens (tertiary/aromatic N) is 4. The fraction of sp³-hybridized carbons (Fsp3) is 0.500. The molecule has 1 saturated heterocycles. The lowest BCUT2D eigenvalue weighted by Crippen LogP contribution is -2.38. The summed E-state index contributed by atoms with van der Waals surface area (Å²) in [5.41, 5.74) is 2.68. The summed E-state index contributed by atoms with van der Waals surface area (Å²) in [5, 5.41) is 9.80. The molecule has 5 nitrogen and oxygen atoms in total. The van der Waals surface area contributed by atoms with Crippen molar-refractivity contribution in [3.8, 4) is 0 Å². The fourth-order valence-electron chi connectivity index (χ4n) is 2.58. The maximum atomic E-state index is 5.42. The minimum Gasteiger partial charge on any atom is -0.378 e. The van der Waals surface area contributed by atoms with E-state index in [0.717, 1.165) is 49.7 Å². The first-order valence-electron chi connectivity index (χ1n) is 7.72. The van der Waals surface area contributed by atoms with E-state index in [1.807, 2.05) is 0 Å². The Labute approximate surface area is 135 Å². The van der Waals surface area contributed by atoms with Gasteiger partial charge in [-0.1, -0.05) is 36.0 Å². The topological polar surface area (TPSA) is 43.2 Å². The van der Waals surface area contributed by atoms with Gasteiger partial charge in [0.1, 0.15) is 0 Å². The molecule has 1 aromatic carbocycles. The lowest BCUT2D eigenvalue weighted by atomic mass is 10.1. The van der Waals surface area contributed by atoms with E-state index in [1.54, 1.807) is 11.8 Å². The number of aromatic nitrogens is 3. The Bertz CT molecular complexity index is 622. The number of hydrogen-bond donors (Lipinski definition) is 0. The molecule has 1 fully saturated rings. The van der Waals surface area contributed by atoms with Gasteiger partial charge in [-0.15, -0.1) is 10.2 Å². The van der Waals surface area contributed by atoms with Crippen molar-refractivity contribution in [3.05, 3.63) is 35.4 Å². The molecule has 0 N–H and O–H groups in total. The molecular weight excluding hydrogens is 296 g/mol. The van der Waals surface area contributed by atoms with Gasteiger partial charge in [0.25, 0.3) is 0 Å². The predicted octanol–water partition coefficient (Wildman–Crippen LogP) is 2.74. The van der Waals surface area contributed by atoms with Crippen LogP contribution in [-0.4, -0.2) is 41.1 Å². The van der Waals surface area contributed by atoms with Crippen LogP contribution in [0.3, 0.4) is 0 Å². The molecule has 0 spiro atoms. The smallest absolute Gasteiger partial charge is 0.228 e. The third kappa shape index (κ3) is 3.28. The largest absolute Gasteiger partial charge is 0.378 e. The molecule has 2 heterocycles. The number of ether oxygens (including phenoxy) is 1. The Morgan fingerprint density at radius 2 is 1.95 bits per heavy atom. The van der Waals surface area contributed by atoms with Crippen molar-refractivity contribution < 1.29 is 4.74 Å². The average molecular weight is 318 g/mol. The Balaban J connectivity index is 1.74. The summed E-state index contributed by atoms with van der Waals surface area (Å²) in [6, 6.07) is 8.50. The molecule has 0 aliphatic carbocycles. The van der Waals surface area contributed by atoms with Gasteiger partial charge in [-0.3, -0.25) is 4.57 Å². The average Bonchev–Trinajstić information content (AvgIpc) is 2.98. The van der Waals surface area contributed by atoms with Gasteiger partial charge in [0.2, 0.25) is 5.95 Å². The zero-order chi connectivity index (χ0) is 15.4. The van der Waals surface area contributed by atoms with Crippen molar-refractivity contribution >= 4 is 17.7 Å². The molecular formula is C16H22N4OS. The standard InChI is InChI=1S/C16H22N4OS/c1-3-20-15(19-8-10-21-11-9-19)17-18-16(20)22-12-14-7-5-4-6-13(14)2/h4-7H,3,8-12H2,1-2H3. The maximum absolute atomic E-state index is 5.42. The summed E-state index contributed by atoms with van der Waals surface area (Å²) in [6.45, 7) is 8.49. The molecule has 0 unspecified atom stereocenters. The minimum absolute atomic E-state index is 0.766. The highest BCUT2D eigenvalue weighted by molar-refractivity contribution is 7.98. The highest BCUT2D eigenvalue weighted by Crippen LogP contribution is 2.26. The van der Waals surface area contributed by atoms with Crippen molar-refractivity contribution in [2.24, 2.45) is 0 Å². The number of anilines is 1. The molecule has 0 radical (unpaired) electrons. The molecule has 0 saturated carbocycles. The van der Waals surface area contributed by atoms with Gasteiger partial charge in [-0.2, -0.15) is 0 Å². The van der Waals surface area contributed by atoms with E-state index in [-0.39, 0.29) is 0 Å². The number of benzene rings is 1. The van der Waals surface area contributed by atoms with Crippen LogP contribution in [0.4, 0.5) is 5.95 Å². The van der Waals surface area contributed by atoms with E-state index in [0.29, 0.717) is 0 Å². The molecule has 1 aliphatic rings. The summed E-state index contributed by atoms with van der Waals surface area (Å²) in [6.07, 6.45) is 0. The number of morpholine rings is 1. The highest BCUT2D eigenvalue weighted by atomic mass is 32.2. The first-order valence-corrected chi connectivity index (χ1v) is 8.71. The number of hydrogen-bond acceptors (Lipinski definition) is 5. The van der Waals surface area contributed by atoms with E-state index < -0.39 is 0 Å². The second-order valence-corrected chi connectivity index (χ2v) is 6.28. The lowest BCUT2D eigenvalue weighted by Gasteiger charge is -2.27. The molecule has 1 aliphatic heterocycles. The van der Waals surface area contributed by atoms with Crippen molar-refractivity contribution in [3.63, 3.8) is 0 Å². The molecule has 1 aromatic heterocycles. The monoisotopic (exact) mass is 318 g/mol. The maximum Gasteiger partial charge on any atom is 0.228 e. The summed E-state index contributed by atoms with van der Waals surface area (Å²) in [5.74, 6) is 1.89. The fourth-order valence-corrected chi connectivity index (χ4v) is 3.65. The van der Waals surface area contributed by atoms with Crippen molar-refractivity contribution in [2.75, 3.05) is 31.2 Å². The first kappa shape index (κ1) is 15.4. The Morgan fingerprint density at radius 3 is 2.68 bits per heavy atom. The number of rotatable bonds is 5. The third-order valence-electron chi connectivity index (χ3n) is 3.93. The van der Waals surface area contributed by atoms with Crippen LogP contribution in [0.5, 0.6) is 0 Å². The van der Waals surface area contributed by atoms with Crippen LogP contribution in [0.25, 0.3) is 0 Å². The third-order valence-corrected chi connectivity index (χ3v) is 4.94. The molecule has 0 atom stereocenters. The zero-order valence-corrected chi connectivity index (χ0v) is 14.0. The normalized spacial score (nSPS) is 15.3. The molecule has 3 rings (SSSR count). The second kappa shape index (κ2) is 7.15. The summed E-state index contributed by atoms with van der Waals surface area (Å²) >= 11 is 1.76. The van der Waals surface area contributed by atoms with Gasteiger partial charge < -0.3 is 9.64 Å². The van der Waals surface area contributed by atoms with Crippen molar-refractivity contribution in [1.29, 1.82) is 0 Å². The molecule has 6 heteroatoms. The first-order chi connectivity index (χ1) is 10.8. The Morgan fingerprint density at radius 1 is 1.18 bits per heavy atom. The minimum atomic E-state index is 0.766. The van der Waals surface area contributed by atoms with Crippen molar-refractivity contribution in [2.45, 2.75) is 31.3 Å². The number of thioether (sulfide) groups is 1. The molecule has 2 aromatic rings. The van der Waals surface area contributed by atoms with E-state index in [9.17, 15) is 0 Å². The van der Waals surface area contributed by atoms with E-state index in [2.05, 4.69) is 57.8 Å². The van der Waals surface area contributed by atoms with E-state index in [1.165, 1.54) is 11.1 Å². The van der Waals surface area contributed by atoms with E-state index >= 15 is 0 Å². The predicted molar refractivity (Wildman–Crippen MR) is 89.5 cm³/mol. The number of aryl methyl sites for hydroxylation is 1. The summed E-state index contributed by atoms with van der Waals surface area (Å²) in [4.78, 5) is 2.26. The summed E-state index contributed by atoms with van der Waals surface area (Å²) < 4.78 is 7.62. The van der Waals surface area contributed by atoms with Crippen LogP contribution < -0.4 is 4.90 Å². The lowest BCUT2D eigenvalue weighted by molar-refractivity contribution is 0.121. The molecule has 0 amide bonds. The van der Waals surface area contributed by atoms with Crippen LogP contribution in [0, 0.1) is 6.92 Å². The van der Waals surface area contributed by atoms with Crippen LogP contribution in [-0.2, 0) is 17.0 Å². The van der Waals surface area contributed by atoms with Crippen LogP contribution in [0.2, 0.25) is 0 Å². The highest BCUT2D eigenvalue weighted by Gasteiger charge is 2.19. The summed E-state index contributed by atoms with van der Waals surface area (Å²) in [7, 11) is 0. The van der Waals surface area contributed by atoms with Crippen LogP contribution in [0.15, 0.2) is 29.4 Å². The zero-order valence-electron chi connectivity index (χ0n) is 13.2. The van der Waals surface area contributed by atoms with Crippen molar-refractivity contribution in [1.82, 2.24) is 14.8 Å². The second-order valence-electron chi connectivity index (χ2n) is 5.34. The quantitative estimate of drug-likeness (QED) is 0.793. The Kier molecular flexibility index (Phi) is 5.00. The van der Waals surface area contributed by atoms with E-state index in [4.69, 9.17) is 4.74 Å².